The van der Waals surface area contributed by atoms with Gasteiger partial charge < -0.3 is 0 Å². The Morgan fingerprint density at radius 3 is 2.42 bits per heavy atom. The standard InChI is InChI=1S/C23H22N3/c1-17-12-13-24-14-22(17)26-16-20(15-25(26)3)23-18(2)8-7-11-21(23)19-9-5-4-6-10-19/h4-16H,1-3H3/q+1. The molecule has 0 aliphatic carbocycles. The van der Waals surface area contributed by atoms with Crippen LogP contribution >= 0.6 is 0 Å². The normalized spacial score (nSPS) is 10.9. The number of pyridine rings is 1. The van der Waals surface area contributed by atoms with Crippen LogP contribution in [-0.4, -0.2) is 9.67 Å². The molecule has 0 atom stereocenters. The largest absolute Gasteiger partial charge is 0.262 e. The topological polar surface area (TPSA) is 21.7 Å². The van der Waals surface area contributed by atoms with Crippen LogP contribution in [0.15, 0.2) is 79.4 Å². The van der Waals surface area contributed by atoms with Gasteiger partial charge in [0.25, 0.3) is 0 Å². The van der Waals surface area contributed by atoms with Gasteiger partial charge in [-0.2, -0.15) is 0 Å². The van der Waals surface area contributed by atoms with Crippen LogP contribution < -0.4 is 4.68 Å². The van der Waals surface area contributed by atoms with Gasteiger partial charge in [-0.15, -0.1) is 9.36 Å². The molecule has 0 amide bonds. The predicted molar refractivity (Wildman–Crippen MR) is 105 cm³/mol. The molecular weight excluding hydrogens is 318 g/mol. The molecule has 0 unspecified atom stereocenters. The molecule has 0 saturated heterocycles. The first-order valence-electron chi connectivity index (χ1n) is 8.80. The number of aryl methyl sites for hydroxylation is 3. The highest BCUT2D eigenvalue weighted by Gasteiger charge is 2.18. The Hall–Kier alpha value is -3.20. The molecule has 2 aromatic heterocycles. The van der Waals surface area contributed by atoms with Crippen molar-refractivity contribution in [2.75, 3.05) is 0 Å². The van der Waals surface area contributed by atoms with Crippen molar-refractivity contribution >= 4 is 0 Å². The number of benzene rings is 2. The van der Waals surface area contributed by atoms with Crippen molar-refractivity contribution in [1.82, 2.24) is 9.67 Å². The summed E-state index contributed by atoms with van der Waals surface area (Å²) in [7, 11) is 2.07. The van der Waals surface area contributed by atoms with Gasteiger partial charge in [-0.3, -0.25) is 4.98 Å². The third-order valence-corrected chi connectivity index (χ3v) is 4.83. The minimum atomic E-state index is 1.09. The molecule has 0 radical (unpaired) electrons. The molecule has 4 rings (SSSR count). The maximum atomic E-state index is 4.29. The van der Waals surface area contributed by atoms with E-state index in [4.69, 9.17) is 0 Å². The molecule has 26 heavy (non-hydrogen) atoms. The van der Waals surface area contributed by atoms with Crippen LogP contribution in [0.3, 0.4) is 0 Å². The van der Waals surface area contributed by atoms with E-state index in [1.165, 1.54) is 33.4 Å². The van der Waals surface area contributed by atoms with Crippen molar-refractivity contribution in [3.8, 4) is 27.9 Å². The van der Waals surface area contributed by atoms with Crippen LogP contribution in [0.4, 0.5) is 0 Å². The number of aromatic nitrogens is 3. The monoisotopic (exact) mass is 340 g/mol. The van der Waals surface area contributed by atoms with Gasteiger partial charge in [-0.05, 0) is 42.2 Å². The second kappa shape index (κ2) is 6.60. The molecule has 0 fully saturated rings. The first-order valence-corrected chi connectivity index (χ1v) is 8.80. The Morgan fingerprint density at radius 1 is 0.846 bits per heavy atom. The quantitative estimate of drug-likeness (QED) is 0.498. The summed E-state index contributed by atoms with van der Waals surface area (Å²) in [6.45, 7) is 4.29. The highest BCUT2D eigenvalue weighted by atomic mass is 15.4. The Balaban J connectivity index is 1.91. The molecule has 4 aromatic rings. The smallest absolute Gasteiger partial charge is 0.203 e. The zero-order chi connectivity index (χ0) is 18.1. The van der Waals surface area contributed by atoms with E-state index in [0.29, 0.717) is 0 Å². The van der Waals surface area contributed by atoms with Crippen LogP contribution in [0.2, 0.25) is 0 Å². The molecule has 128 valence electrons. The van der Waals surface area contributed by atoms with Gasteiger partial charge in [0.2, 0.25) is 6.20 Å². The van der Waals surface area contributed by atoms with Gasteiger partial charge in [-0.1, -0.05) is 48.5 Å². The summed E-state index contributed by atoms with van der Waals surface area (Å²) >= 11 is 0. The third-order valence-electron chi connectivity index (χ3n) is 4.83. The lowest BCUT2D eigenvalue weighted by molar-refractivity contribution is -0.744. The minimum Gasteiger partial charge on any atom is -0.262 e. The summed E-state index contributed by atoms with van der Waals surface area (Å²) in [6, 6.07) is 19.1. The second-order valence-corrected chi connectivity index (χ2v) is 6.66. The van der Waals surface area contributed by atoms with Crippen LogP contribution in [0.1, 0.15) is 11.1 Å². The number of hydrogen-bond acceptors (Lipinski definition) is 1. The fourth-order valence-corrected chi connectivity index (χ4v) is 3.49. The maximum absolute atomic E-state index is 4.29. The van der Waals surface area contributed by atoms with E-state index in [-0.39, 0.29) is 0 Å². The van der Waals surface area contributed by atoms with Crippen LogP contribution in [0, 0.1) is 13.8 Å². The SMILES string of the molecule is Cc1ccncc1-n1cc(-c2c(C)cccc2-c2ccccc2)c[n+]1C. The van der Waals surface area contributed by atoms with Gasteiger partial charge in [-0.25, -0.2) is 0 Å². The summed E-state index contributed by atoms with van der Waals surface area (Å²) in [6.07, 6.45) is 8.12. The summed E-state index contributed by atoms with van der Waals surface area (Å²) in [4.78, 5) is 4.29. The molecule has 3 heteroatoms. The lowest BCUT2D eigenvalue weighted by Crippen LogP contribution is -2.37. The van der Waals surface area contributed by atoms with Crippen molar-refractivity contribution in [2.45, 2.75) is 13.8 Å². The third kappa shape index (κ3) is 2.82. The lowest BCUT2D eigenvalue weighted by atomic mass is 9.92. The first kappa shape index (κ1) is 16.3. The van der Waals surface area contributed by atoms with Gasteiger partial charge in [0, 0.05) is 11.8 Å². The highest BCUT2D eigenvalue weighted by molar-refractivity contribution is 5.85. The van der Waals surface area contributed by atoms with E-state index in [1.54, 1.807) is 0 Å². The number of rotatable bonds is 3. The van der Waals surface area contributed by atoms with Crippen molar-refractivity contribution in [2.24, 2.45) is 7.05 Å². The number of hydrogen-bond donors (Lipinski definition) is 0. The van der Waals surface area contributed by atoms with Gasteiger partial charge >= 0.3 is 0 Å². The average Bonchev–Trinajstić information content (AvgIpc) is 3.03. The maximum Gasteiger partial charge on any atom is 0.203 e. The average molecular weight is 340 g/mol. The molecular formula is C23H22N3+. The van der Waals surface area contributed by atoms with Crippen LogP contribution in [-0.2, 0) is 7.05 Å². The van der Waals surface area contributed by atoms with E-state index in [9.17, 15) is 0 Å². The van der Waals surface area contributed by atoms with E-state index >= 15 is 0 Å². The van der Waals surface area contributed by atoms with Gasteiger partial charge in [0.05, 0.1) is 18.0 Å². The molecule has 0 saturated carbocycles. The second-order valence-electron chi connectivity index (χ2n) is 6.66. The molecule has 2 heterocycles. The highest BCUT2D eigenvalue weighted by Crippen LogP contribution is 2.34. The van der Waals surface area contributed by atoms with E-state index in [1.807, 2.05) is 18.5 Å². The lowest BCUT2D eigenvalue weighted by Gasteiger charge is -2.10. The summed E-state index contributed by atoms with van der Waals surface area (Å²) < 4.78 is 4.26. The van der Waals surface area contributed by atoms with Crippen molar-refractivity contribution < 1.29 is 4.68 Å². The molecule has 0 bridgehead atoms. The number of nitrogens with zero attached hydrogens (tertiary/aromatic N) is 3. The summed E-state index contributed by atoms with van der Waals surface area (Å²) in [5.41, 5.74) is 8.53. The molecule has 0 aliphatic rings. The zero-order valence-corrected chi connectivity index (χ0v) is 15.3. The Kier molecular flexibility index (Phi) is 4.13. The molecule has 0 aliphatic heterocycles. The molecule has 0 N–H and O–H groups in total. The molecule has 3 nitrogen and oxygen atoms in total. The fraction of sp³-hybridized carbons (Fsp3) is 0.130. The first-order chi connectivity index (χ1) is 12.6. The van der Waals surface area contributed by atoms with Crippen LogP contribution in [0.25, 0.3) is 27.9 Å². The molecule has 0 spiro atoms. The van der Waals surface area contributed by atoms with Crippen LogP contribution in [0.5, 0.6) is 0 Å². The Labute approximate surface area is 154 Å². The predicted octanol–water partition coefficient (Wildman–Crippen LogP) is 4.65. The van der Waals surface area contributed by atoms with Crippen molar-refractivity contribution in [1.29, 1.82) is 0 Å². The van der Waals surface area contributed by atoms with E-state index < -0.39 is 0 Å². The van der Waals surface area contributed by atoms with E-state index in [2.05, 4.69) is 96.2 Å². The van der Waals surface area contributed by atoms with E-state index in [0.717, 1.165) is 5.69 Å². The van der Waals surface area contributed by atoms with Crippen molar-refractivity contribution in [3.63, 3.8) is 0 Å². The zero-order valence-electron chi connectivity index (χ0n) is 15.3. The van der Waals surface area contributed by atoms with Gasteiger partial charge in [0.1, 0.15) is 5.69 Å². The Morgan fingerprint density at radius 2 is 1.65 bits per heavy atom. The summed E-state index contributed by atoms with van der Waals surface area (Å²) in [5, 5.41) is 0. The van der Waals surface area contributed by atoms with Gasteiger partial charge in [0.15, 0.2) is 7.05 Å². The minimum absolute atomic E-state index is 1.09. The van der Waals surface area contributed by atoms with Crippen molar-refractivity contribution in [3.05, 3.63) is 90.5 Å². The summed E-state index contributed by atoms with van der Waals surface area (Å²) in [5.74, 6) is 0. The fourth-order valence-electron chi connectivity index (χ4n) is 3.49. The Bertz CT molecular complexity index is 1060. The molecule has 2 aromatic carbocycles.